The highest BCUT2D eigenvalue weighted by molar-refractivity contribution is 9.10. The average molecular weight is 440 g/mol. The Hall–Kier alpha value is -2.45. The molecule has 0 atom stereocenters. The third kappa shape index (κ3) is 3.42. The molecule has 3 rings (SSSR count). The molecule has 0 bridgehead atoms. The van der Waals surface area contributed by atoms with E-state index in [1.54, 1.807) is 13.2 Å². The minimum absolute atomic E-state index is 0.000967. The zero-order chi connectivity index (χ0) is 18.8. The van der Waals surface area contributed by atoms with Crippen LogP contribution in [-0.4, -0.2) is 23.7 Å². The zero-order valence-corrected chi connectivity index (χ0v) is 15.8. The van der Waals surface area contributed by atoms with Gasteiger partial charge in [-0.05, 0) is 36.6 Å². The number of hydrogen-bond donors (Lipinski definition) is 0. The van der Waals surface area contributed by atoms with Crippen LogP contribution >= 0.6 is 27.5 Å². The summed E-state index contributed by atoms with van der Waals surface area (Å²) < 4.78 is 6.29. The molecule has 1 aliphatic rings. The summed E-state index contributed by atoms with van der Waals surface area (Å²) in [5.74, 6) is -0.149. The van der Waals surface area contributed by atoms with Gasteiger partial charge in [-0.25, -0.2) is 4.79 Å². The third-order valence-corrected chi connectivity index (χ3v) is 5.02. The average Bonchev–Trinajstić information content (AvgIpc) is 3.05. The second-order valence-electron chi connectivity index (χ2n) is 5.44. The number of ether oxygens (including phenoxy) is 1. The monoisotopic (exact) mass is 438 g/mol. The molecule has 7 nitrogen and oxygen atoms in total. The quantitative estimate of drug-likeness (QED) is 0.397. The smallest absolute Gasteiger partial charge is 0.367 e. The van der Waals surface area contributed by atoms with Crippen LogP contribution in [0.5, 0.6) is 5.75 Å². The number of rotatable bonds is 4. The van der Waals surface area contributed by atoms with E-state index in [1.165, 1.54) is 12.1 Å². The largest absolute Gasteiger partial charge is 0.496 e. The van der Waals surface area contributed by atoms with Crippen LogP contribution in [0.4, 0.5) is 5.69 Å². The van der Waals surface area contributed by atoms with E-state index in [0.29, 0.717) is 17.9 Å². The molecule has 2 aromatic rings. The lowest BCUT2D eigenvalue weighted by Crippen LogP contribution is -2.06. The lowest BCUT2D eigenvalue weighted by Gasteiger charge is -2.09. The molecule has 0 N–H and O–H groups in total. The molecule has 0 fully saturated rings. The predicted octanol–water partition coefficient (Wildman–Crippen LogP) is 4.53. The van der Waals surface area contributed by atoms with Gasteiger partial charge in [-0.1, -0.05) is 32.7 Å². The zero-order valence-electron chi connectivity index (χ0n) is 13.5. The van der Waals surface area contributed by atoms with E-state index >= 15 is 0 Å². The van der Waals surface area contributed by atoms with Crippen molar-refractivity contribution < 1.29 is 19.3 Å². The highest BCUT2D eigenvalue weighted by Gasteiger charge is 2.26. The van der Waals surface area contributed by atoms with Gasteiger partial charge in [-0.3, -0.25) is 10.1 Å². The van der Waals surface area contributed by atoms with Crippen LogP contribution in [0.15, 0.2) is 40.0 Å². The molecule has 0 spiro atoms. The molecule has 0 saturated heterocycles. The third-order valence-electron chi connectivity index (χ3n) is 3.96. The molecule has 0 heterocycles. The molecule has 0 aromatic heterocycles. The fourth-order valence-corrected chi connectivity index (χ4v) is 3.50. The number of nitro groups is 1. The van der Waals surface area contributed by atoms with Crippen LogP contribution < -0.4 is 4.74 Å². The van der Waals surface area contributed by atoms with Crippen molar-refractivity contribution >= 4 is 44.9 Å². The molecule has 1 aliphatic carbocycles. The van der Waals surface area contributed by atoms with Crippen molar-refractivity contribution in [3.8, 4) is 5.75 Å². The van der Waals surface area contributed by atoms with Crippen LogP contribution in [0.3, 0.4) is 0 Å². The molecule has 0 radical (unpaired) electrons. The van der Waals surface area contributed by atoms with Gasteiger partial charge in [0.1, 0.15) is 5.75 Å². The standard InChI is InChI=1S/C17H12BrClN2O5/c1-25-15-7-5-12(18)10-4-6-14(16(10)15)20-26-17(22)11-3-2-9(21(23)24)8-13(11)19/h2-3,5,7-8H,4,6H2,1H3/b20-14-. The number of hydrogen-bond acceptors (Lipinski definition) is 6. The second-order valence-corrected chi connectivity index (χ2v) is 6.70. The van der Waals surface area contributed by atoms with E-state index in [4.69, 9.17) is 21.2 Å². The fourth-order valence-electron chi connectivity index (χ4n) is 2.72. The molecule has 26 heavy (non-hydrogen) atoms. The molecular weight excluding hydrogens is 428 g/mol. The number of halogens is 2. The van der Waals surface area contributed by atoms with E-state index in [0.717, 1.165) is 28.1 Å². The lowest BCUT2D eigenvalue weighted by atomic mass is 10.1. The summed E-state index contributed by atoms with van der Waals surface area (Å²) in [6, 6.07) is 7.21. The maximum atomic E-state index is 12.2. The van der Waals surface area contributed by atoms with Crippen molar-refractivity contribution in [1.29, 1.82) is 0 Å². The number of nitro benzene ring substituents is 1. The maximum absolute atomic E-state index is 12.2. The number of fused-ring (bicyclic) bond motifs is 1. The van der Waals surface area contributed by atoms with Crippen molar-refractivity contribution in [2.45, 2.75) is 12.8 Å². The minimum Gasteiger partial charge on any atom is -0.496 e. The summed E-state index contributed by atoms with van der Waals surface area (Å²) in [4.78, 5) is 27.4. The van der Waals surface area contributed by atoms with Gasteiger partial charge in [-0.15, -0.1) is 0 Å². The van der Waals surface area contributed by atoms with Gasteiger partial charge >= 0.3 is 5.97 Å². The molecule has 0 saturated carbocycles. The van der Waals surface area contributed by atoms with Crippen LogP contribution in [0.25, 0.3) is 0 Å². The van der Waals surface area contributed by atoms with Gasteiger partial charge in [0.15, 0.2) is 0 Å². The Morgan fingerprint density at radius 1 is 1.31 bits per heavy atom. The highest BCUT2D eigenvalue weighted by atomic mass is 79.9. The molecule has 0 amide bonds. The van der Waals surface area contributed by atoms with Crippen LogP contribution in [0.2, 0.25) is 5.02 Å². The number of benzene rings is 2. The molecule has 2 aromatic carbocycles. The summed E-state index contributed by atoms with van der Waals surface area (Å²) in [5.41, 5.74) is 2.21. The SMILES string of the molecule is COc1ccc(Br)c2c1/C(=N\OC(=O)c1ccc([N+](=O)[O-])cc1Cl)CC2. The highest BCUT2D eigenvalue weighted by Crippen LogP contribution is 2.36. The molecule has 134 valence electrons. The maximum Gasteiger partial charge on any atom is 0.367 e. The van der Waals surface area contributed by atoms with E-state index in [1.807, 2.05) is 6.07 Å². The van der Waals surface area contributed by atoms with Gasteiger partial charge < -0.3 is 9.57 Å². The number of oxime groups is 1. The lowest BCUT2D eigenvalue weighted by molar-refractivity contribution is -0.384. The van der Waals surface area contributed by atoms with E-state index in [9.17, 15) is 14.9 Å². The Labute approximate surface area is 161 Å². The Kier molecular flexibility index (Phi) is 5.24. The van der Waals surface area contributed by atoms with E-state index in [-0.39, 0.29) is 16.3 Å². The molecule has 9 heteroatoms. The summed E-state index contributed by atoms with van der Waals surface area (Å²) in [7, 11) is 1.56. The normalized spacial score (nSPS) is 14.2. The second kappa shape index (κ2) is 7.43. The Bertz CT molecular complexity index is 945. The van der Waals surface area contributed by atoms with E-state index in [2.05, 4.69) is 21.1 Å². The number of non-ortho nitro benzene ring substituents is 1. The summed E-state index contributed by atoms with van der Waals surface area (Å²) in [6.07, 6.45) is 1.33. The van der Waals surface area contributed by atoms with Gasteiger partial charge in [0.2, 0.25) is 0 Å². The predicted molar refractivity (Wildman–Crippen MR) is 99.1 cm³/mol. The Morgan fingerprint density at radius 2 is 2.08 bits per heavy atom. The van der Waals surface area contributed by atoms with Crippen molar-refractivity contribution in [2.24, 2.45) is 5.16 Å². The Balaban J connectivity index is 1.86. The number of carbonyl (C=O) groups is 1. The molecule has 0 aliphatic heterocycles. The summed E-state index contributed by atoms with van der Waals surface area (Å²) >= 11 is 9.43. The number of nitrogens with zero attached hydrogens (tertiary/aromatic N) is 2. The van der Waals surface area contributed by atoms with Crippen molar-refractivity contribution in [2.75, 3.05) is 7.11 Å². The first-order valence-electron chi connectivity index (χ1n) is 7.50. The number of carbonyl (C=O) groups excluding carboxylic acids is 1. The van der Waals surface area contributed by atoms with Crippen molar-refractivity contribution in [3.05, 3.63) is 66.6 Å². The van der Waals surface area contributed by atoms with Crippen LogP contribution in [0, 0.1) is 10.1 Å². The molecular formula is C17H12BrClN2O5. The fraction of sp³-hybridized carbons (Fsp3) is 0.176. The van der Waals surface area contributed by atoms with Gasteiger partial charge in [0.05, 0.1) is 28.3 Å². The van der Waals surface area contributed by atoms with Gasteiger partial charge in [0.25, 0.3) is 5.69 Å². The minimum atomic E-state index is -0.792. The first-order chi connectivity index (χ1) is 12.4. The van der Waals surface area contributed by atoms with Gasteiger partial charge in [-0.2, -0.15) is 0 Å². The topological polar surface area (TPSA) is 91.0 Å². The summed E-state index contributed by atoms with van der Waals surface area (Å²) in [5, 5.41) is 14.6. The first-order valence-corrected chi connectivity index (χ1v) is 8.67. The van der Waals surface area contributed by atoms with E-state index < -0.39 is 10.9 Å². The molecule has 0 unspecified atom stereocenters. The van der Waals surface area contributed by atoms with Gasteiger partial charge in [0, 0.05) is 22.2 Å². The summed E-state index contributed by atoms with van der Waals surface area (Å²) in [6.45, 7) is 0. The Morgan fingerprint density at radius 3 is 2.73 bits per heavy atom. The van der Waals surface area contributed by atoms with Crippen LogP contribution in [-0.2, 0) is 11.3 Å². The van der Waals surface area contributed by atoms with Crippen LogP contribution in [0.1, 0.15) is 27.9 Å². The van der Waals surface area contributed by atoms with Crippen molar-refractivity contribution in [3.63, 3.8) is 0 Å². The number of methoxy groups -OCH3 is 1. The van der Waals surface area contributed by atoms with Crippen molar-refractivity contribution in [1.82, 2.24) is 0 Å². The first kappa shape index (κ1) is 18.3.